The van der Waals surface area contributed by atoms with Crippen LogP contribution < -0.4 is 0 Å². The number of nitrogens with zero attached hydrogens (tertiary/aromatic N) is 2. The Hall–Kier alpha value is -1.99. The highest BCUT2D eigenvalue weighted by molar-refractivity contribution is 5.73. The molecule has 0 fully saturated rings. The lowest BCUT2D eigenvalue weighted by molar-refractivity contribution is -0.391. The van der Waals surface area contributed by atoms with Crippen molar-refractivity contribution < 1.29 is 22.9 Å². The van der Waals surface area contributed by atoms with E-state index in [9.17, 15) is 28.1 Å². The van der Waals surface area contributed by atoms with Gasteiger partial charge in [-0.15, -0.1) is 0 Å². The zero-order valence-electron chi connectivity index (χ0n) is 6.99. The van der Waals surface area contributed by atoms with E-state index in [1.807, 2.05) is 0 Å². The highest BCUT2D eigenvalue weighted by Crippen LogP contribution is 2.28. The van der Waals surface area contributed by atoms with Crippen molar-refractivity contribution in [2.45, 2.75) is 6.43 Å². The molecule has 0 aliphatic heterocycles. The van der Waals surface area contributed by atoms with Crippen LogP contribution in [0.3, 0.4) is 0 Å². The Morgan fingerprint density at radius 1 is 1.53 bits per heavy atom. The summed E-state index contributed by atoms with van der Waals surface area (Å²) in [4.78, 5) is 22.1. The fraction of sp³-hybridized carbons (Fsp3) is 0.143. The van der Waals surface area contributed by atoms with E-state index in [-0.39, 0.29) is 12.4 Å². The van der Waals surface area contributed by atoms with E-state index in [1.54, 1.807) is 0 Å². The summed E-state index contributed by atoms with van der Waals surface area (Å²) in [5, 5.41) is 10.3. The molecule has 0 unspecified atom stereocenters. The maximum atomic E-state index is 12.8. The van der Waals surface area contributed by atoms with Crippen LogP contribution in [0.5, 0.6) is 0 Å². The van der Waals surface area contributed by atoms with Gasteiger partial charge in [0.15, 0.2) is 12.1 Å². The van der Waals surface area contributed by atoms with E-state index in [4.69, 9.17) is 0 Å². The van der Waals surface area contributed by atoms with Crippen LogP contribution in [0, 0.1) is 15.9 Å². The van der Waals surface area contributed by atoms with Gasteiger partial charge in [-0.2, -0.15) is 0 Å². The highest BCUT2D eigenvalue weighted by Gasteiger charge is 2.27. The highest BCUT2D eigenvalue weighted by atomic mass is 19.3. The van der Waals surface area contributed by atoms with Gasteiger partial charge in [-0.1, -0.05) is 0 Å². The molecule has 5 nitrogen and oxygen atoms in total. The molecule has 1 aromatic heterocycles. The molecule has 80 valence electrons. The third-order valence-electron chi connectivity index (χ3n) is 1.53. The summed E-state index contributed by atoms with van der Waals surface area (Å²) >= 11 is 0. The van der Waals surface area contributed by atoms with Crippen LogP contribution >= 0.6 is 0 Å². The number of nitro groups is 1. The molecular formula is C7H3F3N2O3. The Labute approximate surface area is 80.7 Å². The summed E-state index contributed by atoms with van der Waals surface area (Å²) in [5.74, 6) is -2.53. The Kier molecular flexibility index (Phi) is 2.98. The number of aromatic nitrogens is 1. The average molecular weight is 220 g/mol. The summed E-state index contributed by atoms with van der Waals surface area (Å²) in [7, 11) is 0. The lowest BCUT2D eigenvalue weighted by Crippen LogP contribution is -2.04. The minimum atomic E-state index is -3.23. The molecule has 8 heteroatoms. The second kappa shape index (κ2) is 4.03. The fourth-order valence-corrected chi connectivity index (χ4v) is 0.897. The predicted molar refractivity (Wildman–Crippen MR) is 41.2 cm³/mol. The average Bonchev–Trinajstić information content (AvgIpc) is 2.16. The van der Waals surface area contributed by atoms with Crippen molar-refractivity contribution in [2.24, 2.45) is 0 Å². The Balaban J connectivity index is 3.45. The standard InChI is InChI=1S/C7H3F3N2O3/c8-4-1-3(6(9)10)7(12(14)15)11-5(4)2-13/h1-2,6H. The van der Waals surface area contributed by atoms with Crippen molar-refractivity contribution >= 4 is 12.1 Å². The molecule has 1 rings (SSSR count). The minimum absolute atomic E-state index is 0.0857. The number of hydrogen-bond acceptors (Lipinski definition) is 4. The lowest BCUT2D eigenvalue weighted by atomic mass is 10.2. The number of hydrogen-bond donors (Lipinski definition) is 0. The minimum Gasteiger partial charge on any atom is -0.358 e. The number of halogens is 3. The molecule has 0 saturated heterocycles. The second-order valence-electron chi connectivity index (χ2n) is 2.44. The molecule has 0 N–H and O–H groups in total. The van der Waals surface area contributed by atoms with Gasteiger partial charge >= 0.3 is 5.82 Å². The van der Waals surface area contributed by atoms with Crippen molar-refractivity contribution in [3.63, 3.8) is 0 Å². The number of carbonyl (C=O) groups is 1. The molecule has 1 heterocycles. The third-order valence-corrected chi connectivity index (χ3v) is 1.53. The number of pyridine rings is 1. The van der Waals surface area contributed by atoms with E-state index in [0.717, 1.165) is 0 Å². The predicted octanol–water partition coefficient (Wildman–Crippen LogP) is 1.88. The molecule has 0 amide bonds. The molecule has 0 radical (unpaired) electrons. The quantitative estimate of drug-likeness (QED) is 0.442. The van der Waals surface area contributed by atoms with E-state index in [2.05, 4.69) is 4.98 Å². The number of aldehydes is 1. The maximum absolute atomic E-state index is 12.8. The first-order valence-electron chi connectivity index (χ1n) is 3.55. The first-order valence-corrected chi connectivity index (χ1v) is 3.55. The van der Waals surface area contributed by atoms with Crippen LogP contribution in [0.15, 0.2) is 6.07 Å². The molecular weight excluding hydrogens is 217 g/mol. The Morgan fingerprint density at radius 3 is 2.53 bits per heavy atom. The first-order chi connectivity index (χ1) is 6.97. The summed E-state index contributed by atoms with van der Waals surface area (Å²) in [5.41, 5.74) is -2.02. The van der Waals surface area contributed by atoms with Crippen molar-refractivity contribution in [1.82, 2.24) is 4.98 Å². The van der Waals surface area contributed by atoms with Crippen LogP contribution in [0.4, 0.5) is 19.0 Å². The molecule has 0 atom stereocenters. The summed E-state index contributed by atoms with van der Waals surface area (Å²) in [6.45, 7) is 0. The van der Waals surface area contributed by atoms with Gasteiger partial charge in [0.25, 0.3) is 12.1 Å². The molecule has 0 saturated carbocycles. The van der Waals surface area contributed by atoms with Crippen LogP contribution in [-0.2, 0) is 0 Å². The van der Waals surface area contributed by atoms with E-state index < -0.39 is 34.2 Å². The Bertz CT molecular complexity index is 422. The number of rotatable bonds is 3. The fourth-order valence-electron chi connectivity index (χ4n) is 0.897. The van der Waals surface area contributed by atoms with Gasteiger partial charge < -0.3 is 10.1 Å². The second-order valence-corrected chi connectivity index (χ2v) is 2.44. The summed E-state index contributed by atoms with van der Waals surface area (Å²) in [6.07, 6.45) is -3.31. The van der Waals surface area contributed by atoms with Gasteiger partial charge in [0, 0.05) is 0 Å². The van der Waals surface area contributed by atoms with Gasteiger partial charge in [-0.3, -0.25) is 4.79 Å². The third kappa shape index (κ3) is 2.09. The monoisotopic (exact) mass is 220 g/mol. The van der Waals surface area contributed by atoms with Gasteiger partial charge in [-0.25, -0.2) is 13.2 Å². The molecule has 0 aliphatic rings. The van der Waals surface area contributed by atoms with Gasteiger partial charge in [-0.05, 0) is 16.0 Å². The van der Waals surface area contributed by atoms with Crippen LogP contribution in [0.1, 0.15) is 22.5 Å². The summed E-state index contributed by atoms with van der Waals surface area (Å²) in [6, 6.07) is 0.236. The normalized spacial score (nSPS) is 10.4. The summed E-state index contributed by atoms with van der Waals surface area (Å²) < 4.78 is 37.2. The molecule has 0 aromatic carbocycles. The van der Waals surface area contributed by atoms with Gasteiger partial charge in [0.2, 0.25) is 0 Å². The molecule has 0 bridgehead atoms. The smallest absolute Gasteiger partial charge is 0.358 e. The molecule has 0 aliphatic carbocycles. The largest absolute Gasteiger partial charge is 0.373 e. The zero-order chi connectivity index (χ0) is 11.6. The van der Waals surface area contributed by atoms with Crippen LogP contribution in [0.2, 0.25) is 0 Å². The zero-order valence-corrected chi connectivity index (χ0v) is 6.99. The van der Waals surface area contributed by atoms with E-state index in [0.29, 0.717) is 0 Å². The van der Waals surface area contributed by atoms with Gasteiger partial charge in [0.1, 0.15) is 5.56 Å². The van der Waals surface area contributed by atoms with Crippen molar-refractivity contribution in [1.29, 1.82) is 0 Å². The lowest BCUT2D eigenvalue weighted by Gasteiger charge is -2.01. The topological polar surface area (TPSA) is 73.1 Å². The number of carbonyl (C=O) groups excluding carboxylic acids is 1. The first kappa shape index (κ1) is 11.1. The molecule has 0 spiro atoms. The molecule has 15 heavy (non-hydrogen) atoms. The van der Waals surface area contributed by atoms with Crippen molar-refractivity contribution in [3.8, 4) is 0 Å². The van der Waals surface area contributed by atoms with E-state index in [1.165, 1.54) is 0 Å². The maximum Gasteiger partial charge on any atom is 0.373 e. The molecule has 1 aromatic rings. The van der Waals surface area contributed by atoms with Crippen molar-refractivity contribution in [2.75, 3.05) is 0 Å². The Morgan fingerprint density at radius 2 is 2.13 bits per heavy atom. The SMILES string of the molecule is O=Cc1nc([N+](=O)[O-])c(C(F)F)cc1F. The number of alkyl halides is 2. The van der Waals surface area contributed by atoms with E-state index >= 15 is 0 Å². The van der Waals surface area contributed by atoms with Crippen LogP contribution in [-0.4, -0.2) is 16.2 Å². The van der Waals surface area contributed by atoms with Crippen molar-refractivity contribution in [3.05, 3.63) is 33.3 Å². The van der Waals surface area contributed by atoms with Gasteiger partial charge in [0.05, 0.1) is 0 Å². The van der Waals surface area contributed by atoms with Crippen LogP contribution in [0.25, 0.3) is 0 Å².